The Labute approximate surface area is 294 Å². The number of alkyl halides is 3. The van der Waals surface area contributed by atoms with E-state index in [1.165, 1.54) is 12.1 Å². The van der Waals surface area contributed by atoms with Gasteiger partial charge in [0.15, 0.2) is 0 Å². The maximum atomic E-state index is 14.1. The summed E-state index contributed by atoms with van der Waals surface area (Å²) >= 11 is 5.42. The Morgan fingerprint density at radius 1 is 1.06 bits per heavy atom. The largest absolute Gasteiger partial charge is 0.417 e. The fourth-order valence-corrected chi connectivity index (χ4v) is 8.27. The molecule has 2 fully saturated rings. The summed E-state index contributed by atoms with van der Waals surface area (Å²) in [6.45, 7) is 4.70. The van der Waals surface area contributed by atoms with Crippen LogP contribution in [0.5, 0.6) is 0 Å². The molecule has 2 amide bonds. The van der Waals surface area contributed by atoms with Gasteiger partial charge in [0.2, 0.25) is 11.8 Å². The molecular formula is C35H43F3N6O3S2. The maximum Gasteiger partial charge on any atom is 0.417 e. The van der Waals surface area contributed by atoms with Crippen molar-refractivity contribution in [3.05, 3.63) is 70.9 Å². The minimum atomic E-state index is -4.59. The van der Waals surface area contributed by atoms with Crippen molar-refractivity contribution in [2.45, 2.75) is 74.8 Å². The standard InChI is InChI=1S/C35H43F3N6O3S2/c36-35(37,38)29-9-8-25(19-31(29)49-23-32(46)39-14-10-24-5-2-1-3-6-24)34-28-22-42(48)18-13-30(28)44(40-34)21-27(45)20-41-16-11-26(12-17-41)43-15-4-7-33(43)47/h1-3,5-6,8-9,19,26-27,45,48H,4,7,10-18,20-23H2,(H,39,46). The highest BCUT2D eigenvalue weighted by atomic mass is 32.2. The molecule has 1 aromatic heterocycles. The van der Waals surface area contributed by atoms with Gasteiger partial charge in [-0.1, -0.05) is 49.2 Å². The molecule has 0 saturated carbocycles. The first-order chi connectivity index (χ1) is 23.5. The minimum Gasteiger partial charge on any atom is -0.390 e. The molecule has 3 aliphatic heterocycles. The van der Waals surface area contributed by atoms with Crippen LogP contribution in [0.1, 0.15) is 48.1 Å². The van der Waals surface area contributed by atoms with Crippen molar-refractivity contribution in [3.63, 3.8) is 0 Å². The summed E-state index contributed by atoms with van der Waals surface area (Å²) < 4.78 is 45.9. The van der Waals surface area contributed by atoms with Crippen LogP contribution in [-0.4, -0.2) is 98.0 Å². The van der Waals surface area contributed by atoms with Gasteiger partial charge in [-0.3, -0.25) is 14.3 Å². The highest BCUT2D eigenvalue weighted by Crippen LogP contribution is 2.40. The number of aliphatic hydroxyl groups excluding tert-OH is 1. The molecule has 0 aliphatic carbocycles. The van der Waals surface area contributed by atoms with Crippen molar-refractivity contribution in [2.75, 3.05) is 45.0 Å². The first-order valence-electron chi connectivity index (χ1n) is 16.9. The summed E-state index contributed by atoms with van der Waals surface area (Å²) in [5.74, 6) is -0.248. The summed E-state index contributed by atoms with van der Waals surface area (Å²) in [7, 11) is 0. The predicted molar refractivity (Wildman–Crippen MR) is 186 cm³/mol. The Balaban J connectivity index is 1.13. The number of rotatable bonds is 12. The van der Waals surface area contributed by atoms with Gasteiger partial charge in [0.25, 0.3) is 0 Å². The van der Waals surface area contributed by atoms with E-state index in [9.17, 15) is 27.9 Å². The number of piperidine rings is 1. The van der Waals surface area contributed by atoms with Crippen LogP contribution >= 0.6 is 24.6 Å². The second-order valence-electron chi connectivity index (χ2n) is 13.1. The van der Waals surface area contributed by atoms with Crippen molar-refractivity contribution < 1.29 is 27.9 Å². The van der Waals surface area contributed by atoms with Crippen LogP contribution in [0.3, 0.4) is 0 Å². The smallest absolute Gasteiger partial charge is 0.390 e. The number of amides is 2. The van der Waals surface area contributed by atoms with Crippen LogP contribution in [-0.2, 0) is 41.7 Å². The van der Waals surface area contributed by atoms with E-state index in [0.29, 0.717) is 56.7 Å². The molecule has 0 bridgehead atoms. The van der Waals surface area contributed by atoms with Gasteiger partial charge in [-0.25, -0.2) is 4.31 Å². The molecule has 2 aromatic carbocycles. The third-order valence-electron chi connectivity index (χ3n) is 9.57. The second-order valence-corrected chi connectivity index (χ2v) is 14.6. The number of hydrogen-bond donors (Lipinski definition) is 3. The van der Waals surface area contributed by atoms with Crippen LogP contribution in [0, 0.1) is 0 Å². The average Bonchev–Trinajstić information content (AvgIpc) is 3.66. The van der Waals surface area contributed by atoms with Gasteiger partial charge in [0, 0.05) is 86.4 Å². The van der Waals surface area contributed by atoms with E-state index in [1.807, 2.05) is 39.5 Å². The molecule has 9 nitrogen and oxygen atoms in total. The van der Waals surface area contributed by atoms with Crippen molar-refractivity contribution in [2.24, 2.45) is 0 Å². The summed E-state index contributed by atoms with van der Waals surface area (Å²) in [4.78, 5) is 29.0. The molecular weight excluding hydrogens is 674 g/mol. The van der Waals surface area contributed by atoms with Crippen LogP contribution in [0.15, 0.2) is 53.4 Å². The number of carbonyl (C=O) groups is 2. The molecule has 6 rings (SSSR count). The van der Waals surface area contributed by atoms with E-state index in [-0.39, 0.29) is 35.0 Å². The lowest BCUT2D eigenvalue weighted by Gasteiger charge is -2.37. The van der Waals surface area contributed by atoms with Crippen LogP contribution in [0.4, 0.5) is 13.2 Å². The third-order valence-corrected chi connectivity index (χ3v) is 11.0. The number of carbonyl (C=O) groups excluding carboxylic acids is 2. The second kappa shape index (κ2) is 15.9. The molecule has 1 unspecified atom stereocenters. The van der Waals surface area contributed by atoms with Gasteiger partial charge in [0.1, 0.15) is 0 Å². The molecule has 0 radical (unpaired) electrons. The van der Waals surface area contributed by atoms with E-state index in [2.05, 4.69) is 23.0 Å². The lowest BCUT2D eigenvalue weighted by Crippen LogP contribution is -2.47. The Kier molecular flexibility index (Phi) is 11.6. The van der Waals surface area contributed by atoms with Crippen LogP contribution in [0.2, 0.25) is 0 Å². The minimum absolute atomic E-state index is 0.0379. The summed E-state index contributed by atoms with van der Waals surface area (Å²) in [6, 6.07) is 13.9. The Morgan fingerprint density at radius 3 is 2.55 bits per heavy atom. The first kappa shape index (κ1) is 35.8. The average molecular weight is 717 g/mol. The maximum absolute atomic E-state index is 14.1. The topological polar surface area (TPSA) is 93.9 Å². The molecule has 14 heteroatoms. The van der Waals surface area contributed by atoms with E-state index >= 15 is 0 Å². The number of hydrogen-bond acceptors (Lipinski definition) is 8. The number of fused-ring (bicyclic) bond motifs is 1. The van der Waals surface area contributed by atoms with Crippen molar-refractivity contribution in [1.82, 2.24) is 29.2 Å². The Hall–Kier alpha value is -3.04. The fraction of sp³-hybridized carbons (Fsp3) is 0.514. The number of nitrogens with one attached hydrogen (secondary N) is 1. The van der Waals surface area contributed by atoms with Gasteiger partial charge < -0.3 is 20.2 Å². The number of halogens is 3. The zero-order valence-corrected chi connectivity index (χ0v) is 29.1. The molecule has 2 saturated heterocycles. The van der Waals surface area contributed by atoms with E-state index in [4.69, 9.17) is 5.10 Å². The monoisotopic (exact) mass is 716 g/mol. The molecule has 2 N–H and O–H groups in total. The quantitative estimate of drug-likeness (QED) is 0.186. The Morgan fingerprint density at radius 2 is 1.84 bits per heavy atom. The number of aromatic nitrogens is 2. The van der Waals surface area contributed by atoms with Crippen molar-refractivity contribution >= 4 is 36.4 Å². The normalized spacial score (nSPS) is 18.6. The number of aliphatic hydroxyl groups is 1. The number of thiol groups is 1. The number of β-amino-alcohol motifs (C(OH)–C–C–N with tert-alkyl or cyclic N) is 1. The zero-order valence-electron chi connectivity index (χ0n) is 27.4. The molecule has 3 aliphatic rings. The van der Waals surface area contributed by atoms with E-state index in [0.717, 1.165) is 73.5 Å². The predicted octanol–water partition coefficient (Wildman–Crippen LogP) is 4.67. The molecule has 49 heavy (non-hydrogen) atoms. The zero-order chi connectivity index (χ0) is 34.5. The van der Waals surface area contributed by atoms with Crippen LogP contribution in [0.25, 0.3) is 11.3 Å². The molecule has 264 valence electrons. The SMILES string of the molecule is O=C(CSc1cc(-c2nn(CC(O)CN3CCC(N4CCCC4=O)CC3)c3c2CN(S)CC3)ccc1C(F)(F)F)NCCc1ccccc1. The lowest BCUT2D eigenvalue weighted by atomic mass is 10.0. The van der Waals surface area contributed by atoms with Crippen molar-refractivity contribution in [3.8, 4) is 11.3 Å². The lowest BCUT2D eigenvalue weighted by molar-refractivity contribution is -0.139. The molecule has 3 aromatic rings. The number of benzene rings is 2. The van der Waals surface area contributed by atoms with E-state index in [1.54, 1.807) is 4.68 Å². The molecule has 0 spiro atoms. The van der Waals surface area contributed by atoms with Gasteiger partial charge in [0.05, 0.1) is 29.7 Å². The summed E-state index contributed by atoms with van der Waals surface area (Å²) in [6.07, 6.45) is -0.674. The van der Waals surface area contributed by atoms with Crippen LogP contribution < -0.4 is 5.32 Å². The van der Waals surface area contributed by atoms with Crippen molar-refractivity contribution in [1.29, 1.82) is 0 Å². The van der Waals surface area contributed by atoms with Gasteiger partial charge in [-0.05, 0) is 43.4 Å². The summed E-state index contributed by atoms with van der Waals surface area (Å²) in [5, 5.41) is 18.8. The summed E-state index contributed by atoms with van der Waals surface area (Å²) in [5.41, 5.74) is 3.16. The number of nitrogens with zero attached hydrogens (tertiary/aromatic N) is 5. The van der Waals surface area contributed by atoms with Gasteiger partial charge in [-0.15, -0.1) is 11.8 Å². The molecule has 4 heterocycles. The highest BCUT2D eigenvalue weighted by Gasteiger charge is 2.35. The Bertz CT molecular complexity index is 1610. The third kappa shape index (κ3) is 9.01. The fourth-order valence-electron chi connectivity index (χ4n) is 7.09. The first-order valence-corrected chi connectivity index (χ1v) is 18.3. The van der Waals surface area contributed by atoms with Gasteiger partial charge >= 0.3 is 6.18 Å². The number of thioether (sulfide) groups is 1. The highest BCUT2D eigenvalue weighted by molar-refractivity contribution is 8.00. The number of likely N-dealkylation sites (tertiary alicyclic amines) is 2. The molecule has 1 atom stereocenters. The van der Waals surface area contributed by atoms with E-state index < -0.39 is 17.8 Å². The van der Waals surface area contributed by atoms with Gasteiger partial charge in [-0.2, -0.15) is 18.3 Å².